The molecule has 0 aliphatic carbocycles. The van der Waals surface area contributed by atoms with E-state index >= 15 is 0 Å². The molecule has 1 aromatic heterocycles. The zero-order valence-electron chi connectivity index (χ0n) is 20.3. The molecule has 0 spiro atoms. The lowest BCUT2D eigenvalue weighted by molar-refractivity contribution is 0.0743. The fraction of sp³-hybridized carbons (Fsp3) is 0.333. The Morgan fingerprint density at radius 1 is 1.00 bits per heavy atom. The van der Waals surface area contributed by atoms with Crippen molar-refractivity contribution >= 4 is 50.9 Å². The first kappa shape index (κ1) is 27.8. The third-order valence-corrected chi connectivity index (χ3v) is 8.24. The molecule has 1 aliphatic rings. The Balaban J connectivity index is 1.89. The fourth-order valence-corrected chi connectivity index (χ4v) is 5.23. The highest BCUT2D eigenvalue weighted by molar-refractivity contribution is 7.87. The zero-order chi connectivity index (χ0) is 26.7. The number of hydrogen-bond donors (Lipinski definition) is 2. The normalized spacial score (nSPS) is 14.8. The van der Waals surface area contributed by atoms with Gasteiger partial charge in [0.15, 0.2) is 5.69 Å². The number of hydrogen-bond acceptors (Lipinski definition) is 5. The summed E-state index contributed by atoms with van der Waals surface area (Å²) >= 11 is 18.8. The molecule has 0 unspecified atom stereocenters. The average Bonchev–Trinajstić information content (AvgIpc) is 3.23. The first-order valence-corrected chi connectivity index (χ1v) is 14.2. The summed E-state index contributed by atoms with van der Waals surface area (Å²) in [7, 11) is -0.961. The molecule has 1 saturated heterocycles. The molecular weight excluding hydrogens is 559 g/mol. The lowest BCUT2D eigenvalue weighted by Crippen LogP contribution is -2.45. The Bertz CT molecular complexity index is 1390. The van der Waals surface area contributed by atoms with Crippen LogP contribution in [0.3, 0.4) is 0 Å². The molecule has 0 bridgehead atoms. The molecule has 2 N–H and O–H groups in total. The van der Waals surface area contributed by atoms with Crippen molar-refractivity contribution in [2.75, 3.05) is 27.2 Å². The van der Waals surface area contributed by atoms with Crippen LogP contribution in [0.2, 0.25) is 15.1 Å². The van der Waals surface area contributed by atoms with Crippen molar-refractivity contribution in [1.82, 2.24) is 29.2 Å². The number of amides is 1. The van der Waals surface area contributed by atoms with Crippen molar-refractivity contribution in [3.05, 3.63) is 68.8 Å². The summed E-state index contributed by atoms with van der Waals surface area (Å²) in [5.41, 5.74) is 5.02. The van der Waals surface area contributed by atoms with Gasteiger partial charge in [-0.25, -0.2) is 9.69 Å². The fourth-order valence-electron chi connectivity index (χ4n) is 4.03. The van der Waals surface area contributed by atoms with Crippen LogP contribution in [0.15, 0.2) is 42.5 Å². The van der Waals surface area contributed by atoms with Crippen molar-refractivity contribution in [2.45, 2.75) is 25.8 Å². The third-order valence-electron chi connectivity index (χ3n) is 5.98. The van der Waals surface area contributed by atoms with Gasteiger partial charge in [-0.1, -0.05) is 53.4 Å². The van der Waals surface area contributed by atoms with E-state index in [0.717, 1.165) is 36.7 Å². The molecule has 3 aromatic rings. The number of nitrogens with zero attached hydrogens (tertiary/aromatic N) is 4. The highest BCUT2D eigenvalue weighted by atomic mass is 35.5. The van der Waals surface area contributed by atoms with Gasteiger partial charge in [0.2, 0.25) is 0 Å². The minimum atomic E-state index is -3.80. The van der Waals surface area contributed by atoms with Crippen molar-refractivity contribution in [3.8, 4) is 16.9 Å². The number of hydrazine groups is 1. The predicted octanol–water partition coefficient (Wildman–Crippen LogP) is 4.53. The molecular formula is C24H27Cl3N6O3S. The molecule has 1 amide bonds. The van der Waals surface area contributed by atoms with E-state index in [1.165, 1.54) is 18.8 Å². The van der Waals surface area contributed by atoms with Crippen molar-refractivity contribution < 1.29 is 13.2 Å². The molecule has 198 valence electrons. The minimum absolute atomic E-state index is 0.0722. The second-order valence-electron chi connectivity index (χ2n) is 8.79. The van der Waals surface area contributed by atoms with Gasteiger partial charge in [-0.05, 0) is 43.2 Å². The zero-order valence-corrected chi connectivity index (χ0v) is 23.4. The molecule has 37 heavy (non-hydrogen) atoms. The summed E-state index contributed by atoms with van der Waals surface area (Å²) in [6, 6.07) is 11.9. The van der Waals surface area contributed by atoms with Gasteiger partial charge in [0.1, 0.15) is 0 Å². The molecule has 0 radical (unpaired) electrons. The van der Waals surface area contributed by atoms with Crippen LogP contribution in [-0.2, 0) is 16.8 Å². The van der Waals surface area contributed by atoms with Gasteiger partial charge in [-0.15, -0.1) is 0 Å². The van der Waals surface area contributed by atoms with Crippen LogP contribution in [0.4, 0.5) is 0 Å². The molecule has 9 nitrogen and oxygen atoms in total. The van der Waals surface area contributed by atoms with Gasteiger partial charge in [-0.3, -0.25) is 10.2 Å². The summed E-state index contributed by atoms with van der Waals surface area (Å²) in [6.45, 7) is 1.26. The number of rotatable bonds is 8. The van der Waals surface area contributed by atoms with Crippen molar-refractivity contribution in [2.24, 2.45) is 0 Å². The number of aromatic nitrogens is 2. The highest BCUT2D eigenvalue weighted by Gasteiger charge is 2.28. The van der Waals surface area contributed by atoms with Crippen LogP contribution in [0.25, 0.3) is 16.9 Å². The van der Waals surface area contributed by atoms with E-state index in [2.05, 4.69) is 15.2 Å². The van der Waals surface area contributed by atoms with E-state index in [1.54, 1.807) is 42.5 Å². The van der Waals surface area contributed by atoms with Crippen molar-refractivity contribution in [3.63, 3.8) is 0 Å². The summed E-state index contributed by atoms with van der Waals surface area (Å²) < 4.78 is 30.3. The van der Waals surface area contributed by atoms with Crippen LogP contribution in [-0.4, -0.2) is 60.6 Å². The Kier molecular flexibility index (Phi) is 8.80. The molecule has 13 heteroatoms. The molecule has 0 saturated carbocycles. The Morgan fingerprint density at radius 3 is 2.27 bits per heavy atom. The van der Waals surface area contributed by atoms with Crippen LogP contribution in [0.5, 0.6) is 0 Å². The van der Waals surface area contributed by atoms with Gasteiger partial charge in [-0.2, -0.15) is 22.5 Å². The van der Waals surface area contributed by atoms with Gasteiger partial charge in [0, 0.05) is 54.9 Å². The molecule has 1 fully saturated rings. The smallest absolute Gasteiger partial charge is 0.283 e. The molecule has 0 atom stereocenters. The first-order chi connectivity index (χ1) is 17.6. The largest absolute Gasteiger partial charge is 0.286 e. The standard InChI is InChI=1S/C24H27Cl3N6O3S/c1-31(2)37(35,36)28-15-19-22(24(34)30-32-12-4-3-5-13-32)29-33(21-11-10-18(26)14-20(21)27)23(19)16-6-8-17(25)9-7-16/h6-11,14,28H,3-5,12-13,15H2,1-2H3,(H,30,34). The summed E-state index contributed by atoms with van der Waals surface area (Å²) in [6.07, 6.45) is 3.05. The number of carbonyl (C=O) groups is 1. The number of benzene rings is 2. The number of halogens is 3. The summed E-state index contributed by atoms with van der Waals surface area (Å²) in [5.74, 6) is -0.444. The Morgan fingerprint density at radius 2 is 1.65 bits per heavy atom. The maximum Gasteiger partial charge on any atom is 0.286 e. The first-order valence-electron chi connectivity index (χ1n) is 11.6. The Labute approximate surface area is 231 Å². The van der Waals surface area contributed by atoms with E-state index in [4.69, 9.17) is 34.8 Å². The number of carbonyl (C=O) groups excluding carboxylic acids is 1. The van der Waals surface area contributed by atoms with Crippen LogP contribution in [0, 0.1) is 0 Å². The van der Waals surface area contributed by atoms with E-state index in [1.807, 2.05) is 5.01 Å². The lowest BCUT2D eigenvalue weighted by atomic mass is 10.0. The number of piperidine rings is 1. The maximum absolute atomic E-state index is 13.5. The van der Waals surface area contributed by atoms with Crippen molar-refractivity contribution in [1.29, 1.82) is 0 Å². The van der Waals surface area contributed by atoms with Crippen LogP contribution < -0.4 is 10.1 Å². The Hall–Kier alpha value is -2.18. The van der Waals surface area contributed by atoms with Gasteiger partial charge < -0.3 is 0 Å². The van der Waals surface area contributed by atoms with Crippen LogP contribution in [0.1, 0.15) is 35.3 Å². The molecule has 2 aromatic carbocycles. The topological polar surface area (TPSA) is 99.6 Å². The second-order valence-corrected chi connectivity index (χ2v) is 12.0. The summed E-state index contributed by atoms with van der Waals surface area (Å²) in [4.78, 5) is 13.5. The second kappa shape index (κ2) is 11.7. The quantitative estimate of drug-likeness (QED) is 0.405. The monoisotopic (exact) mass is 584 g/mol. The molecule has 1 aliphatic heterocycles. The van der Waals surface area contributed by atoms with Gasteiger partial charge in [0.05, 0.1) is 16.4 Å². The summed E-state index contributed by atoms with van der Waals surface area (Å²) in [5, 5.41) is 7.79. The highest BCUT2D eigenvalue weighted by Crippen LogP contribution is 2.34. The van der Waals surface area contributed by atoms with E-state index in [-0.39, 0.29) is 12.2 Å². The molecule has 2 heterocycles. The van der Waals surface area contributed by atoms with E-state index < -0.39 is 16.1 Å². The SMILES string of the molecule is CN(C)S(=O)(=O)NCc1c(C(=O)NN2CCCCC2)nn(-c2ccc(Cl)cc2Cl)c1-c1ccc(Cl)cc1. The average molecular weight is 586 g/mol. The number of nitrogens with one attached hydrogen (secondary N) is 2. The maximum atomic E-state index is 13.5. The minimum Gasteiger partial charge on any atom is -0.283 e. The van der Waals surface area contributed by atoms with E-state index in [9.17, 15) is 13.2 Å². The lowest BCUT2D eigenvalue weighted by Gasteiger charge is -2.26. The predicted molar refractivity (Wildman–Crippen MR) is 146 cm³/mol. The third kappa shape index (κ3) is 6.46. The molecule has 4 rings (SSSR count). The van der Waals surface area contributed by atoms with Gasteiger partial charge >= 0.3 is 0 Å². The van der Waals surface area contributed by atoms with Crippen LogP contribution >= 0.6 is 34.8 Å². The van der Waals surface area contributed by atoms with Gasteiger partial charge in [0.25, 0.3) is 16.1 Å². The van der Waals surface area contributed by atoms with E-state index in [0.29, 0.717) is 37.6 Å².